The average molecular weight is 313 g/mol. The Morgan fingerprint density at radius 1 is 1.30 bits per heavy atom. The summed E-state index contributed by atoms with van der Waals surface area (Å²) < 4.78 is 10.5. The number of fused-ring (bicyclic) bond motifs is 1. The van der Waals surface area contributed by atoms with E-state index in [-0.39, 0.29) is 11.9 Å². The highest BCUT2D eigenvalue weighted by Gasteiger charge is 2.34. The van der Waals surface area contributed by atoms with Gasteiger partial charge in [-0.2, -0.15) is 15.4 Å². The summed E-state index contributed by atoms with van der Waals surface area (Å²) in [7, 11) is 1.63. The van der Waals surface area contributed by atoms with E-state index in [2.05, 4.69) is 15.4 Å². The number of methoxy groups -OCH3 is 1. The summed E-state index contributed by atoms with van der Waals surface area (Å²) in [6.07, 6.45) is 0.615. The minimum absolute atomic E-state index is 0.0995. The van der Waals surface area contributed by atoms with Crippen molar-refractivity contribution in [2.45, 2.75) is 26.2 Å². The lowest BCUT2D eigenvalue weighted by Crippen LogP contribution is -2.22. The standard InChI is InChI=1S/C17H19N3O3/c1-4-23-17(21)15-10(2)16-14(18-20-19-16)9-13(15)11-5-7-12(22-3)8-6-11/h5-8,13H,4,9H2,1-3H3,(H,18,19,20). The van der Waals surface area contributed by atoms with Crippen LogP contribution >= 0.6 is 0 Å². The second-order valence-electron chi connectivity index (χ2n) is 5.41. The summed E-state index contributed by atoms with van der Waals surface area (Å²) in [6.45, 7) is 4.04. The monoisotopic (exact) mass is 313 g/mol. The summed E-state index contributed by atoms with van der Waals surface area (Å²) in [5.74, 6) is 0.391. The lowest BCUT2D eigenvalue weighted by Gasteiger charge is -2.25. The summed E-state index contributed by atoms with van der Waals surface area (Å²) in [4.78, 5) is 12.5. The Morgan fingerprint density at radius 3 is 2.70 bits per heavy atom. The molecule has 1 unspecified atom stereocenters. The van der Waals surface area contributed by atoms with Crippen LogP contribution in [0.2, 0.25) is 0 Å². The minimum atomic E-state index is -0.292. The number of aromatic amines is 1. The second-order valence-corrected chi connectivity index (χ2v) is 5.41. The number of H-pyrrole nitrogens is 1. The van der Waals surface area contributed by atoms with Gasteiger partial charge in [0.1, 0.15) is 11.4 Å². The van der Waals surface area contributed by atoms with E-state index in [4.69, 9.17) is 9.47 Å². The first kappa shape index (κ1) is 15.3. The fourth-order valence-electron chi connectivity index (χ4n) is 3.00. The number of allylic oxidation sites excluding steroid dienone is 1. The van der Waals surface area contributed by atoms with Crippen LogP contribution in [0.4, 0.5) is 0 Å². The molecule has 1 aliphatic rings. The van der Waals surface area contributed by atoms with E-state index in [0.29, 0.717) is 18.6 Å². The minimum Gasteiger partial charge on any atom is -0.497 e. The van der Waals surface area contributed by atoms with Crippen molar-refractivity contribution >= 4 is 11.5 Å². The Hall–Kier alpha value is -2.63. The quantitative estimate of drug-likeness (QED) is 0.878. The molecule has 0 amide bonds. The fraction of sp³-hybridized carbons (Fsp3) is 0.353. The lowest BCUT2D eigenvalue weighted by atomic mass is 9.79. The van der Waals surface area contributed by atoms with Crippen LogP contribution in [0.3, 0.4) is 0 Å². The topological polar surface area (TPSA) is 77.1 Å². The molecule has 23 heavy (non-hydrogen) atoms. The normalized spacial score (nSPS) is 16.9. The molecule has 0 aliphatic heterocycles. The molecule has 6 nitrogen and oxygen atoms in total. The van der Waals surface area contributed by atoms with E-state index >= 15 is 0 Å². The maximum atomic E-state index is 12.5. The van der Waals surface area contributed by atoms with Gasteiger partial charge in [-0.25, -0.2) is 4.79 Å². The number of hydrogen-bond donors (Lipinski definition) is 1. The van der Waals surface area contributed by atoms with Crippen molar-refractivity contribution < 1.29 is 14.3 Å². The number of aromatic nitrogens is 3. The van der Waals surface area contributed by atoms with Gasteiger partial charge >= 0.3 is 5.97 Å². The number of nitrogens with one attached hydrogen (secondary N) is 1. The molecule has 1 aliphatic carbocycles. The molecule has 0 saturated heterocycles. The van der Waals surface area contributed by atoms with Crippen LogP contribution in [-0.2, 0) is 16.0 Å². The first-order valence-electron chi connectivity index (χ1n) is 7.57. The van der Waals surface area contributed by atoms with Gasteiger partial charge in [0, 0.05) is 12.3 Å². The Bertz CT molecular complexity index is 747. The van der Waals surface area contributed by atoms with Crippen LogP contribution in [0.1, 0.15) is 36.7 Å². The predicted octanol–water partition coefficient (Wildman–Crippen LogP) is 2.49. The highest BCUT2D eigenvalue weighted by molar-refractivity contribution is 5.99. The number of nitrogens with zero attached hydrogens (tertiary/aromatic N) is 2. The Kier molecular flexibility index (Phi) is 4.14. The van der Waals surface area contributed by atoms with Crippen LogP contribution in [0.15, 0.2) is 29.8 Å². The molecule has 0 fully saturated rings. The number of benzene rings is 1. The Balaban J connectivity index is 2.06. The molecule has 6 heteroatoms. The number of esters is 1. The number of carbonyl (C=O) groups excluding carboxylic acids is 1. The molecule has 120 valence electrons. The average Bonchev–Trinajstić information content (AvgIpc) is 3.04. The third kappa shape index (κ3) is 2.72. The van der Waals surface area contributed by atoms with Gasteiger partial charge in [-0.05, 0) is 37.1 Å². The highest BCUT2D eigenvalue weighted by atomic mass is 16.5. The SMILES string of the molecule is CCOC(=O)C1=C(C)c2n[nH]nc2CC1c1ccc(OC)cc1. The van der Waals surface area contributed by atoms with Crippen molar-refractivity contribution in [3.8, 4) is 5.75 Å². The summed E-state index contributed by atoms with van der Waals surface area (Å²) >= 11 is 0. The van der Waals surface area contributed by atoms with Crippen LogP contribution in [-0.4, -0.2) is 35.1 Å². The van der Waals surface area contributed by atoms with Gasteiger partial charge in [-0.3, -0.25) is 0 Å². The van der Waals surface area contributed by atoms with Gasteiger partial charge < -0.3 is 9.47 Å². The van der Waals surface area contributed by atoms with Crippen molar-refractivity contribution in [1.82, 2.24) is 15.4 Å². The van der Waals surface area contributed by atoms with E-state index in [1.807, 2.05) is 31.2 Å². The second kappa shape index (κ2) is 6.24. The number of carbonyl (C=O) groups is 1. The first-order chi connectivity index (χ1) is 11.2. The van der Waals surface area contributed by atoms with E-state index in [1.54, 1.807) is 14.0 Å². The molecule has 0 spiro atoms. The van der Waals surface area contributed by atoms with E-state index in [1.165, 1.54) is 0 Å². The van der Waals surface area contributed by atoms with E-state index in [0.717, 1.165) is 28.3 Å². The third-order valence-corrected chi connectivity index (χ3v) is 4.14. The Labute approximate surface area is 134 Å². The number of hydrogen-bond acceptors (Lipinski definition) is 5. The zero-order valence-corrected chi connectivity index (χ0v) is 13.4. The highest BCUT2D eigenvalue weighted by Crippen LogP contribution is 2.39. The summed E-state index contributed by atoms with van der Waals surface area (Å²) in [5, 5.41) is 11.0. The maximum absolute atomic E-state index is 12.5. The van der Waals surface area contributed by atoms with Crippen molar-refractivity contribution in [3.05, 3.63) is 46.8 Å². The van der Waals surface area contributed by atoms with Crippen LogP contribution in [0.5, 0.6) is 5.75 Å². The molecule has 2 aromatic rings. The van der Waals surface area contributed by atoms with Gasteiger partial charge in [0.25, 0.3) is 0 Å². The summed E-state index contributed by atoms with van der Waals surface area (Å²) in [6, 6.07) is 7.74. The van der Waals surface area contributed by atoms with E-state index in [9.17, 15) is 4.79 Å². The first-order valence-corrected chi connectivity index (χ1v) is 7.57. The molecule has 3 rings (SSSR count). The van der Waals surface area contributed by atoms with Crippen LogP contribution in [0, 0.1) is 0 Å². The largest absolute Gasteiger partial charge is 0.497 e. The molecule has 1 aromatic carbocycles. The molecule has 1 heterocycles. The molecule has 0 radical (unpaired) electrons. The van der Waals surface area contributed by atoms with E-state index < -0.39 is 0 Å². The molecular weight excluding hydrogens is 294 g/mol. The van der Waals surface area contributed by atoms with Crippen LogP contribution < -0.4 is 4.74 Å². The van der Waals surface area contributed by atoms with Gasteiger partial charge in [0.15, 0.2) is 0 Å². The predicted molar refractivity (Wildman–Crippen MR) is 85.0 cm³/mol. The zero-order valence-electron chi connectivity index (χ0n) is 13.4. The fourth-order valence-corrected chi connectivity index (χ4v) is 3.00. The van der Waals surface area contributed by atoms with Gasteiger partial charge in [0.05, 0.1) is 25.0 Å². The number of rotatable bonds is 4. The lowest BCUT2D eigenvalue weighted by molar-refractivity contribution is -0.138. The van der Waals surface area contributed by atoms with Gasteiger partial charge in [-0.15, -0.1) is 0 Å². The van der Waals surface area contributed by atoms with Crippen LogP contribution in [0.25, 0.3) is 5.57 Å². The zero-order chi connectivity index (χ0) is 16.4. The maximum Gasteiger partial charge on any atom is 0.334 e. The van der Waals surface area contributed by atoms with Gasteiger partial charge in [-0.1, -0.05) is 12.1 Å². The summed E-state index contributed by atoms with van der Waals surface area (Å²) in [5.41, 5.74) is 4.12. The van der Waals surface area contributed by atoms with Crippen molar-refractivity contribution in [1.29, 1.82) is 0 Å². The van der Waals surface area contributed by atoms with Gasteiger partial charge in [0.2, 0.25) is 0 Å². The Morgan fingerprint density at radius 2 is 2.04 bits per heavy atom. The molecule has 1 aromatic heterocycles. The molecule has 1 N–H and O–H groups in total. The number of ether oxygens (including phenoxy) is 2. The van der Waals surface area contributed by atoms with Crippen molar-refractivity contribution in [3.63, 3.8) is 0 Å². The third-order valence-electron chi connectivity index (χ3n) is 4.14. The van der Waals surface area contributed by atoms with Crippen molar-refractivity contribution in [2.75, 3.05) is 13.7 Å². The molecule has 0 saturated carbocycles. The molecule has 0 bridgehead atoms. The van der Waals surface area contributed by atoms with Crippen molar-refractivity contribution in [2.24, 2.45) is 0 Å². The molecule has 1 atom stereocenters. The smallest absolute Gasteiger partial charge is 0.334 e. The molecular formula is C17H19N3O3.